The lowest BCUT2D eigenvalue weighted by atomic mass is 9.94. The van der Waals surface area contributed by atoms with Crippen molar-refractivity contribution in [3.05, 3.63) is 35.9 Å². The number of nitrogens with zero attached hydrogens (tertiary/aromatic N) is 1. The molecule has 1 aromatic carbocycles. The summed E-state index contributed by atoms with van der Waals surface area (Å²) in [5.74, 6) is -2.10. The fourth-order valence-electron chi connectivity index (χ4n) is 2.98. The average molecular weight is 291 g/mol. The van der Waals surface area contributed by atoms with Gasteiger partial charge in [0.25, 0.3) is 0 Å². The number of amides is 1. The van der Waals surface area contributed by atoms with Crippen molar-refractivity contribution >= 4 is 11.9 Å². The molecule has 21 heavy (non-hydrogen) atoms. The minimum atomic E-state index is -0.894. The number of carbonyl (C=O) groups is 2. The van der Waals surface area contributed by atoms with Crippen LogP contribution in [0.25, 0.3) is 0 Å². The molecule has 1 aliphatic carbocycles. The zero-order chi connectivity index (χ0) is 15.2. The molecule has 0 aromatic heterocycles. The Morgan fingerprint density at radius 2 is 1.81 bits per heavy atom. The molecule has 0 radical (unpaired) electrons. The van der Waals surface area contributed by atoms with Crippen LogP contribution in [0.15, 0.2) is 30.3 Å². The summed E-state index contributed by atoms with van der Waals surface area (Å²) >= 11 is 0. The molecule has 2 rings (SSSR count). The highest BCUT2D eigenvalue weighted by molar-refractivity contribution is 5.85. The number of aliphatic hydroxyl groups excluding tert-OH is 1. The number of hydrogen-bond donors (Lipinski definition) is 2. The fourth-order valence-corrected chi connectivity index (χ4v) is 2.98. The van der Waals surface area contributed by atoms with Gasteiger partial charge in [-0.05, 0) is 18.4 Å². The van der Waals surface area contributed by atoms with Gasteiger partial charge < -0.3 is 15.1 Å². The maximum absolute atomic E-state index is 12.6. The number of hydrogen-bond acceptors (Lipinski definition) is 3. The van der Waals surface area contributed by atoms with E-state index in [9.17, 15) is 19.8 Å². The van der Waals surface area contributed by atoms with E-state index >= 15 is 0 Å². The molecule has 0 aliphatic heterocycles. The van der Waals surface area contributed by atoms with E-state index in [-0.39, 0.29) is 19.1 Å². The molecular formula is C16H21NO4. The van der Waals surface area contributed by atoms with Crippen LogP contribution in [0, 0.1) is 11.8 Å². The monoisotopic (exact) mass is 291 g/mol. The first kappa shape index (κ1) is 15.5. The Kier molecular flexibility index (Phi) is 5.33. The molecule has 0 bridgehead atoms. The van der Waals surface area contributed by atoms with Crippen molar-refractivity contribution in [1.82, 2.24) is 4.90 Å². The molecule has 1 fully saturated rings. The number of carboxylic acids is 1. The van der Waals surface area contributed by atoms with Crippen LogP contribution in [0.3, 0.4) is 0 Å². The van der Waals surface area contributed by atoms with Gasteiger partial charge in [0.15, 0.2) is 0 Å². The first-order chi connectivity index (χ1) is 10.1. The van der Waals surface area contributed by atoms with Crippen LogP contribution in [0.4, 0.5) is 0 Å². The molecule has 0 saturated heterocycles. The molecule has 5 nitrogen and oxygen atoms in total. The third-order valence-electron chi connectivity index (χ3n) is 4.05. The van der Waals surface area contributed by atoms with Gasteiger partial charge in [0.1, 0.15) is 0 Å². The van der Waals surface area contributed by atoms with Crippen molar-refractivity contribution in [3.63, 3.8) is 0 Å². The van der Waals surface area contributed by atoms with Crippen LogP contribution < -0.4 is 0 Å². The largest absolute Gasteiger partial charge is 0.481 e. The summed E-state index contributed by atoms with van der Waals surface area (Å²) in [6.45, 7) is 0.517. The highest BCUT2D eigenvalue weighted by Gasteiger charge is 2.39. The topological polar surface area (TPSA) is 77.8 Å². The standard InChI is InChI=1S/C16H21NO4/c18-10-9-17(11-12-5-2-1-3-6-12)15(19)13-7-4-8-14(13)16(20)21/h1-3,5-6,13-14,18H,4,7-11H2,(H,20,21)/t13-,14+/m1/s1. The Labute approximate surface area is 124 Å². The number of benzene rings is 1. The van der Waals surface area contributed by atoms with E-state index in [4.69, 9.17) is 0 Å². The molecule has 2 atom stereocenters. The van der Waals surface area contributed by atoms with Gasteiger partial charge >= 0.3 is 5.97 Å². The molecule has 2 N–H and O–H groups in total. The van der Waals surface area contributed by atoms with E-state index in [1.54, 1.807) is 4.90 Å². The lowest BCUT2D eigenvalue weighted by molar-refractivity contribution is -0.149. The van der Waals surface area contributed by atoms with Crippen LogP contribution in [0.1, 0.15) is 24.8 Å². The maximum atomic E-state index is 12.6. The summed E-state index contributed by atoms with van der Waals surface area (Å²) in [6.07, 6.45) is 1.95. The summed E-state index contributed by atoms with van der Waals surface area (Å²) in [4.78, 5) is 25.4. The van der Waals surface area contributed by atoms with E-state index < -0.39 is 17.8 Å². The highest BCUT2D eigenvalue weighted by atomic mass is 16.4. The number of aliphatic hydroxyl groups is 1. The van der Waals surface area contributed by atoms with Crippen molar-refractivity contribution in [2.45, 2.75) is 25.8 Å². The van der Waals surface area contributed by atoms with E-state index in [1.807, 2.05) is 30.3 Å². The predicted octanol–water partition coefficient (Wildman–Crippen LogP) is 1.51. The highest BCUT2D eigenvalue weighted by Crippen LogP contribution is 2.33. The van der Waals surface area contributed by atoms with Crippen LogP contribution in [0.2, 0.25) is 0 Å². The number of rotatable bonds is 6. The Bertz CT molecular complexity index is 488. The molecule has 1 aromatic rings. The quantitative estimate of drug-likeness (QED) is 0.833. The van der Waals surface area contributed by atoms with Gasteiger partial charge in [-0.2, -0.15) is 0 Å². The minimum absolute atomic E-state index is 0.122. The van der Waals surface area contributed by atoms with Gasteiger partial charge in [-0.25, -0.2) is 0 Å². The van der Waals surface area contributed by atoms with Crippen molar-refractivity contribution < 1.29 is 19.8 Å². The number of carbonyl (C=O) groups excluding carboxylic acids is 1. The van der Waals surface area contributed by atoms with Crippen molar-refractivity contribution in [2.75, 3.05) is 13.2 Å². The first-order valence-corrected chi connectivity index (χ1v) is 7.30. The summed E-state index contributed by atoms with van der Waals surface area (Å²) in [5, 5.41) is 18.4. The fraction of sp³-hybridized carbons (Fsp3) is 0.500. The lowest BCUT2D eigenvalue weighted by Crippen LogP contribution is -2.40. The number of aliphatic carboxylic acids is 1. The van der Waals surface area contributed by atoms with E-state index in [2.05, 4.69) is 0 Å². The van der Waals surface area contributed by atoms with Crippen molar-refractivity contribution in [3.8, 4) is 0 Å². The molecule has 114 valence electrons. The second kappa shape index (κ2) is 7.22. The van der Waals surface area contributed by atoms with Gasteiger partial charge in [0.2, 0.25) is 5.91 Å². The van der Waals surface area contributed by atoms with E-state index in [1.165, 1.54) is 0 Å². The molecular weight excluding hydrogens is 270 g/mol. The summed E-state index contributed by atoms with van der Waals surface area (Å²) in [7, 11) is 0. The molecule has 1 saturated carbocycles. The summed E-state index contributed by atoms with van der Waals surface area (Å²) in [5.41, 5.74) is 0.976. The van der Waals surface area contributed by atoms with Crippen LogP contribution >= 0.6 is 0 Å². The molecule has 1 aliphatic rings. The zero-order valence-corrected chi connectivity index (χ0v) is 11.9. The summed E-state index contributed by atoms with van der Waals surface area (Å²) in [6, 6.07) is 9.53. The Morgan fingerprint density at radius 1 is 1.14 bits per heavy atom. The SMILES string of the molecule is O=C(O)[C@H]1CCC[C@H]1C(=O)N(CCO)Cc1ccccc1. The van der Waals surface area contributed by atoms with E-state index in [0.717, 1.165) is 12.0 Å². The minimum Gasteiger partial charge on any atom is -0.481 e. The van der Waals surface area contributed by atoms with Crippen molar-refractivity contribution in [1.29, 1.82) is 0 Å². The van der Waals surface area contributed by atoms with Crippen LogP contribution in [-0.4, -0.2) is 40.1 Å². The zero-order valence-electron chi connectivity index (χ0n) is 11.9. The van der Waals surface area contributed by atoms with Gasteiger partial charge in [0.05, 0.1) is 18.4 Å². The summed E-state index contributed by atoms with van der Waals surface area (Å²) < 4.78 is 0. The van der Waals surface area contributed by atoms with Gasteiger partial charge in [-0.15, -0.1) is 0 Å². The normalized spacial score (nSPS) is 21.2. The average Bonchev–Trinajstić information content (AvgIpc) is 2.97. The van der Waals surface area contributed by atoms with Crippen molar-refractivity contribution in [2.24, 2.45) is 11.8 Å². The van der Waals surface area contributed by atoms with Gasteiger partial charge in [-0.1, -0.05) is 36.8 Å². The van der Waals surface area contributed by atoms with Gasteiger partial charge in [0, 0.05) is 13.1 Å². The third kappa shape index (κ3) is 3.82. The van der Waals surface area contributed by atoms with E-state index in [0.29, 0.717) is 19.4 Å². The molecule has 0 unspecified atom stereocenters. The Hall–Kier alpha value is -1.88. The van der Waals surface area contributed by atoms with Gasteiger partial charge in [-0.3, -0.25) is 9.59 Å². The smallest absolute Gasteiger partial charge is 0.307 e. The maximum Gasteiger partial charge on any atom is 0.307 e. The number of carboxylic acid groups (broad SMARTS) is 1. The molecule has 0 spiro atoms. The Morgan fingerprint density at radius 3 is 2.43 bits per heavy atom. The second-order valence-corrected chi connectivity index (χ2v) is 5.45. The van der Waals surface area contributed by atoms with Crippen LogP contribution in [-0.2, 0) is 16.1 Å². The van der Waals surface area contributed by atoms with Crippen LogP contribution in [0.5, 0.6) is 0 Å². The second-order valence-electron chi connectivity index (χ2n) is 5.45. The first-order valence-electron chi connectivity index (χ1n) is 7.30. The molecule has 5 heteroatoms. The molecule has 0 heterocycles. The Balaban J connectivity index is 2.10. The molecule has 1 amide bonds. The predicted molar refractivity (Wildman–Crippen MR) is 77.4 cm³/mol. The lowest BCUT2D eigenvalue weighted by Gasteiger charge is -2.26. The third-order valence-corrected chi connectivity index (χ3v) is 4.05.